The minimum absolute atomic E-state index is 0.112. The van der Waals surface area contributed by atoms with Crippen LogP contribution in [-0.2, 0) is 16.1 Å². The predicted molar refractivity (Wildman–Crippen MR) is 85.7 cm³/mol. The van der Waals surface area contributed by atoms with E-state index in [1.54, 1.807) is 0 Å². The van der Waals surface area contributed by atoms with Crippen molar-refractivity contribution in [3.05, 3.63) is 30.0 Å². The molecule has 1 fully saturated rings. The number of nitrogens with zero attached hydrogens (tertiary/aromatic N) is 3. The van der Waals surface area contributed by atoms with E-state index in [-0.39, 0.29) is 18.1 Å². The van der Waals surface area contributed by atoms with Gasteiger partial charge in [0.2, 0.25) is 5.91 Å². The number of hydrogen-bond donors (Lipinski definition) is 0. The van der Waals surface area contributed by atoms with Gasteiger partial charge in [0.15, 0.2) is 0 Å². The van der Waals surface area contributed by atoms with Crippen molar-refractivity contribution in [2.75, 3.05) is 13.1 Å². The first-order valence-corrected chi connectivity index (χ1v) is 7.89. The normalized spacial score (nSPS) is 22.2. The molecule has 1 aromatic heterocycles. The van der Waals surface area contributed by atoms with Gasteiger partial charge in [0.1, 0.15) is 0 Å². The summed E-state index contributed by atoms with van der Waals surface area (Å²) in [6, 6.07) is 6.16. The minimum Gasteiger partial charge on any atom is -0.372 e. The molecule has 2 heterocycles. The average Bonchev–Trinajstić information content (AvgIpc) is 2.88. The molecule has 118 valence electrons. The van der Waals surface area contributed by atoms with Crippen molar-refractivity contribution in [1.82, 2.24) is 14.7 Å². The molecule has 0 N–H and O–H groups in total. The molecular weight excluding hydrogens is 278 g/mol. The maximum absolute atomic E-state index is 12.4. The Kier molecular flexibility index (Phi) is 4.16. The number of carbonyl (C=O) groups is 1. The fourth-order valence-corrected chi connectivity index (χ4v) is 3.17. The molecular formula is C17H23N3O2. The molecule has 2 unspecified atom stereocenters. The summed E-state index contributed by atoms with van der Waals surface area (Å²) >= 11 is 0. The number of amides is 1. The first kappa shape index (κ1) is 15.0. The number of aromatic nitrogens is 2. The molecule has 0 spiro atoms. The summed E-state index contributed by atoms with van der Waals surface area (Å²) in [5.41, 5.74) is 2.31. The van der Waals surface area contributed by atoms with Gasteiger partial charge in [-0.1, -0.05) is 12.1 Å². The molecule has 5 nitrogen and oxygen atoms in total. The zero-order valence-corrected chi connectivity index (χ0v) is 13.5. The summed E-state index contributed by atoms with van der Waals surface area (Å²) in [4.78, 5) is 14.3. The van der Waals surface area contributed by atoms with Crippen molar-refractivity contribution in [3.8, 4) is 0 Å². The van der Waals surface area contributed by atoms with Gasteiger partial charge in [0.25, 0.3) is 0 Å². The van der Waals surface area contributed by atoms with Crippen LogP contribution in [0.4, 0.5) is 0 Å². The van der Waals surface area contributed by atoms with Crippen LogP contribution in [0.25, 0.3) is 10.9 Å². The zero-order valence-electron chi connectivity index (χ0n) is 13.5. The van der Waals surface area contributed by atoms with Gasteiger partial charge < -0.3 is 9.64 Å². The van der Waals surface area contributed by atoms with Gasteiger partial charge in [0, 0.05) is 24.9 Å². The highest BCUT2D eigenvalue weighted by Gasteiger charge is 2.25. The molecule has 5 heteroatoms. The zero-order chi connectivity index (χ0) is 15.7. The molecule has 2 atom stereocenters. The van der Waals surface area contributed by atoms with Crippen molar-refractivity contribution < 1.29 is 9.53 Å². The maximum Gasteiger partial charge on any atom is 0.224 e. The molecule has 1 aliphatic heterocycles. The lowest BCUT2D eigenvalue weighted by atomic mass is 10.1. The Balaban J connectivity index is 1.66. The number of morpholine rings is 1. The van der Waals surface area contributed by atoms with E-state index in [0.29, 0.717) is 26.1 Å². The largest absolute Gasteiger partial charge is 0.372 e. The van der Waals surface area contributed by atoms with Crippen molar-refractivity contribution >= 4 is 16.8 Å². The van der Waals surface area contributed by atoms with E-state index in [2.05, 4.69) is 24.2 Å². The third-order valence-electron chi connectivity index (χ3n) is 4.22. The minimum atomic E-state index is 0.112. The number of carbonyl (C=O) groups excluding carboxylic acids is 1. The standard InChI is InChI=1S/C17H23N3O2/c1-12-5-4-6-16-15(12)9-18-20(16)8-7-17(21)19-10-13(2)22-14(3)11-19/h4-6,9,13-14H,7-8,10-11H2,1-3H3. The second-order valence-electron chi connectivity index (χ2n) is 6.18. The number of fused-ring (bicyclic) bond motifs is 1. The van der Waals surface area contributed by atoms with Gasteiger partial charge in [-0.25, -0.2) is 0 Å². The van der Waals surface area contributed by atoms with E-state index in [4.69, 9.17) is 4.74 Å². The quantitative estimate of drug-likeness (QED) is 0.874. The maximum atomic E-state index is 12.4. The Labute approximate surface area is 130 Å². The number of hydrogen-bond acceptors (Lipinski definition) is 3. The topological polar surface area (TPSA) is 47.4 Å². The number of rotatable bonds is 3. The van der Waals surface area contributed by atoms with Gasteiger partial charge in [-0.3, -0.25) is 9.48 Å². The molecule has 0 aliphatic carbocycles. The first-order valence-electron chi connectivity index (χ1n) is 7.89. The van der Waals surface area contributed by atoms with Crippen LogP contribution in [0.2, 0.25) is 0 Å². The van der Waals surface area contributed by atoms with Crippen LogP contribution in [0.5, 0.6) is 0 Å². The Morgan fingerprint density at radius 1 is 1.32 bits per heavy atom. The summed E-state index contributed by atoms with van der Waals surface area (Å²) < 4.78 is 7.60. The van der Waals surface area contributed by atoms with E-state index in [1.165, 1.54) is 5.56 Å². The Hall–Kier alpha value is -1.88. The van der Waals surface area contributed by atoms with Crippen LogP contribution >= 0.6 is 0 Å². The Morgan fingerprint density at radius 3 is 2.77 bits per heavy atom. The number of ether oxygens (including phenoxy) is 1. The molecule has 3 rings (SSSR count). The molecule has 0 radical (unpaired) electrons. The molecule has 22 heavy (non-hydrogen) atoms. The van der Waals surface area contributed by atoms with Crippen LogP contribution in [0.15, 0.2) is 24.4 Å². The van der Waals surface area contributed by atoms with E-state index >= 15 is 0 Å². The van der Waals surface area contributed by atoms with Gasteiger partial charge in [-0.2, -0.15) is 5.10 Å². The van der Waals surface area contributed by atoms with Crippen molar-refractivity contribution in [2.24, 2.45) is 0 Å². The van der Waals surface area contributed by atoms with Crippen molar-refractivity contribution in [3.63, 3.8) is 0 Å². The third-order valence-corrected chi connectivity index (χ3v) is 4.22. The predicted octanol–water partition coefficient (Wildman–Crippen LogP) is 2.37. The lowest BCUT2D eigenvalue weighted by Crippen LogP contribution is -2.48. The fraction of sp³-hybridized carbons (Fsp3) is 0.529. The number of aryl methyl sites for hydroxylation is 2. The average molecular weight is 301 g/mol. The van der Waals surface area contributed by atoms with E-state index < -0.39 is 0 Å². The number of benzene rings is 1. The van der Waals surface area contributed by atoms with Gasteiger partial charge in [-0.15, -0.1) is 0 Å². The van der Waals surface area contributed by atoms with E-state index in [9.17, 15) is 4.79 Å². The van der Waals surface area contributed by atoms with Gasteiger partial charge in [0.05, 0.1) is 30.5 Å². The fourth-order valence-electron chi connectivity index (χ4n) is 3.17. The van der Waals surface area contributed by atoms with Crippen molar-refractivity contribution in [2.45, 2.75) is 45.9 Å². The monoisotopic (exact) mass is 301 g/mol. The second-order valence-corrected chi connectivity index (χ2v) is 6.18. The highest BCUT2D eigenvalue weighted by molar-refractivity contribution is 5.82. The lowest BCUT2D eigenvalue weighted by molar-refractivity contribution is -0.143. The van der Waals surface area contributed by atoms with Crippen LogP contribution in [0, 0.1) is 6.92 Å². The lowest BCUT2D eigenvalue weighted by Gasteiger charge is -2.35. The van der Waals surface area contributed by atoms with Gasteiger partial charge >= 0.3 is 0 Å². The summed E-state index contributed by atoms with van der Waals surface area (Å²) in [7, 11) is 0. The Bertz CT molecular complexity index is 670. The van der Waals surface area contributed by atoms with Crippen molar-refractivity contribution in [1.29, 1.82) is 0 Å². The van der Waals surface area contributed by atoms with E-state index in [0.717, 1.165) is 10.9 Å². The highest BCUT2D eigenvalue weighted by Crippen LogP contribution is 2.18. The molecule has 1 aromatic carbocycles. The first-order chi connectivity index (χ1) is 10.5. The molecule has 1 saturated heterocycles. The molecule has 1 aliphatic rings. The molecule has 0 saturated carbocycles. The highest BCUT2D eigenvalue weighted by atomic mass is 16.5. The van der Waals surface area contributed by atoms with Gasteiger partial charge in [-0.05, 0) is 32.4 Å². The smallest absolute Gasteiger partial charge is 0.224 e. The second kappa shape index (κ2) is 6.08. The molecule has 2 aromatic rings. The van der Waals surface area contributed by atoms with E-state index in [1.807, 2.05) is 35.7 Å². The molecule has 0 bridgehead atoms. The summed E-state index contributed by atoms with van der Waals surface area (Å²) in [5, 5.41) is 5.58. The van der Waals surface area contributed by atoms with Crippen LogP contribution < -0.4 is 0 Å². The SMILES string of the molecule is Cc1cccc2c1cnn2CCC(=O)N1CC(C)OC(C)C1. The summed E-state index contributed by atoms with van der Waals surface area (Å²) in [5.74, 6) is 0.179. The van der Waals surface area contributed by atoms with Crippen LogP contribution in [0.3, 0.4) is 0 Å². The third kappa shape index (κ3) is 2.99. The summed E-state index contributed by atoms with van der Waals surface area (Å²) in [6.07, 6.45) is 2.58. The van der Waals surface area contributed by atoms with Crippen LogP contribution in [-0.4, -0.2) is 45.9 Å². The Morgan fingerprint density at radius 2 is 2.05 bits per heavy atom. The van der Waals surface area contributed by atoms with Crippen LogP contribution in [0.1, 0.15) is 25.8 Å². The molecule has 1 amide bonds. The summed E-state index contributed by atoms with van der Waals surface area (Å²) in [6.45, 7) is 8.09.